The topological polar surface area (TPSA) is 63.5 Å². The minimum Gasteiger partial charge on any atom is -0.492 e. The normalized spacial score (nSPS) is 11.7. The van der Waals surface area contributed by atoms with E-state index in [2.05, 4.69) is 10.6 Å². The molecule has 1 aromatic heterocycles. The molecule has 0 radical (unpaired) electrons. The van der Waals surface area contributed by atoms with Crippen molar-refractivity contribution in [2.75, 3.05) is 11.9 Å². The van der Waals surface area contributed by atoms with Gasteiger partial charge in [-0.2, -0.15) is 0 Å². The van der Waals surface area contributed by atoms with Crippen LogP contribution in [0.4, 0.5) is 5.69 Å². The minimum absolute atomic E-state index is 0.157. The smallest absolute Gasteiger partial charge is 0.246 e. The summed E-state index contributed by atoms with van der Waals surface area (Å²) >= 11 is 0. The molecule has 3 rings (SSSR count). The zero-order chi connectivity index (χ0) is 18.2. The fourth-order valence-corrected chi connectivity index (χ4v) is 2.68. The number of hydrogen-bond acceptors (Lipinski definition) is 4. The maximum absolute atomic E-state index is 13.0. The Bertz CT molecular complexity index is 816. The van der Waals surface area contributed by atoms with Gasteiger partial charge in [-0.05, 0) is 36.8 Å². The molecule has 0 aliphatic rings. The molecule has 0 aliphatic carbocycles. The van der Waals surface area contributed by atoms with Crippen LogP contribution in [0.2, 0.25) is 0 Å². The molecular formula is C21H22N2O3. The summed E-state index contributed by atoms with van der Waals surface area (Å²) in [5, 5.41) is 6.23. The third-order valence-electron chi connectivity index (χ3n) is 3.90. The molecule has 0 spiro atoms. The molecule has 0 aliphatic heterocycles. The predicted molar refractivity (Wildman–Crippen MR) is 101 cm³/mol. The van der Waals surface area contributed by atoms with Crippen molar-refractivity contribution in [2.45, 2.75) is 19.5 Å². The molecule has 1 unspecified atom stereocenters. The van der Waals surface area contributed by atoms with Crippen LogP contribution in [-0.2, 0) is 11.3 Å². The number of carbonyl (C=O) groups excluding carboxylic acids is 1. The van der Waals surface area contributed by atoms with Crippen LogP contribution in [0.5, 0.6) is 5.75 Å². The minimum atomic E-state index is -0.518. The summed E-state index contributed by atoms with van der Waals surface area (Å²) in [6.45, 7) is 2.90. The summed E-state index contributed by atoms with van der Waals surface area (Å²) in [6, 6.07) is 20.2. The average Bonchev–Trinajstić information content (AvgIpc) is 3.18. The first kappa shape index (κ1) is 17.8. The Kier molecular flexibility index (Phi) is 6.06. The van der Waals surface area contributed by atoms with E-state index in [1.165, 1.54) is 0 Å². The lowest BCUT2D eigenvalue weighted by atomic mass is 10.1. The third kappa shape index (κ3) is 4.52. The van der Waals surface area contributed by atoms with E-state index in [9.17, 15) is 4.79 Å². The number of amides is 1. The molecule has 26 heavy (non-hydrogen) atoms. The summed E-state index contributed by atoms with van der Waals surface area (Å²) < 4.78 is 10.9. The van der Waals surface area contributed by atoms with Crippen LogP contribution in [0, 0.1) is 0 Å². The highest BCUT2D eigenvalue weighted by atomic mass is 16.5. The SMILES string of the molecule is CCOc1ccccc1NC(=O)C(NCc1ccco1)c1ccccc1. The molecule has 2 aromatic carbocycles. The van der Waals surface area contributed by atoms with Gasteiger partial charge in [-0.1, -0.05) is 42.5 Å². The number of anilines is 1. The number of nitrogens with one attached hydrogen (secondary N) is 2. The average molecular weight is 350 g/mol. The highest BCUT2D eigenvalue weighted by Gasteiger charge is 2.21. The first-order valence-electron chi connectivity index (χ1n) is 8.61. The van der Waals surface area contributed by atoms with Gasteiger partial charge < -0.3 is 14.5 Å². The van der Waals surface area contributed by atoms with Gasteiger partial charge in [0.15, 0.2) is 0 Å². The van der Waals surface area contributed by atoms with E-state index < -0.39 is 6.04 Å². The van der Waals surface area contributed by atoms with Crippen LogP contribution in [-0.4, -0.2) is 12.5 Å². The maximum atomic E-state index is 13.0. The van der Waals surface area contributed by atoms with Crippen molar-refractivity contribution in [1.82, 2.24) is 5.32 Å². The van der Waals surface area contributed by atoms with E-state index in [1.807, 2.05) is 73.7 Å². The molecule has 5 heteroatoms. The number of para-hydroxylation sites is 2. The zero-order valence-electron chi connectivity index (χ0n) is 14.6. The fraction of sp³-hybridized carbons (Fsp3) is 0.190. The van der Waals surface area contributed by atoms with E-state index >= 15 is 0 Å². The molecule has 3 aromatic rings. The second-order valence-corrected chi connectivity index (χ2v) is 5.72. The van der Waals surface area contributed by atoms with Gasteiger partial charge in [0.1, 0.15) is 17.6 Å². The lowest BCUT2D eigenvalue weighted by Crippen LogP contribution is -2.32. The molecule has 134 valence electrons. The molecule has 1 heterocycles. The van der Waals surface area contributed by atoms with E-state index in [0.29, 0.717) is 24.6 Å². The van der Waals surface area contributed by atoms with Crippen molar-refractivity contribution in [2.24, 2.45) is 0 Å². The molecule has 1 amide bonds. The van der Waals surface area contributed by atoms with Gasteiger partial charge in [0.25, 0.3) is 0 Å². The van der Waals surface area contributed by atoms with Gasteiger partial charge >= 0.3 is 0 Å². The number of carbonyl (C=O) groups is 1. The zero-order valence-corrected chi connectivity index (χ0v) is 14.6. The number of furan rings is 1. The monoisotopic (exact) mass is 350 g/mol. The predicted octanol–water partition coefficient (Wildman–Crippen LogP) is 4.15. The van der Waals surface area contributed by atoms with Crippen molar-refractivity contribution in [3.05, 3.63) is 84.3 Å². The Morgan fingerprint density at radius 3 is 2.54 bits per heavy atom. The van der Waals surface area contributed by atoms with Gasteiger partial charge in [0, 0.05) is 0 Å². The van der Waals surface area contributed by atoms with Gasteiger partial charge in [-0.15, -0.1) is 0 Å². The van der Waals surface area contributed by atoms with Crippen molar-refractivity contribution >= 4 is 11.6 Å². The second-order valence-electron chi connectivity index (χ2n) is 5.72. The summed E-state index contributed by atoms with van der Waals surface area (Å²) in [5.41, 5.74) is 1.53. The van der Waals surface area contributed by atoms with E-state index in [4.69, 9.17) is 9.15 Å². The van der Waals surface area contributed by atoms with Gasteiger partial charge in [0.2, 0.25) is 5.91 Å². The molecule has 0 bridgehead atoms. The number of benzene rings is 2. The molecule has 2 N–H and O–H groups in total. The fourth-order valence-electron chi connectivity index (χ4n) is 2.68. The van der Waals surface area contributed by atoms with Gasteiger partial charge in [-0.3, -0.25) is 10.1 Å². The van der Waals surface area contributed by atoms with Crippen LogP contribution in [0.25, 0.3) is 0 Å². The lowest BCUT2D eigenvalue weighted by Gasteiger charge is -2.19. The van der Waals surface area contributed by atoms with Crippen molar-refractivity contribution < 1.29 is 13.9 Å². The highest BCUT2D eigenvalue weighted by molar-refractivity contribution is 5.96. The van der Waals surface area contributed by atoms with Crippen molar-refractivity contribution in [3.63, 3.8) is 0 Å². The standard InChI is InChI=1S/C21H22N2O3/c1-2-25-19-13-7-6-12-18(19)23-21(24)20(16-9-4-3-5-10-16)22-15-17-11-8-14-26-17/h3-14,20,22H,2,15H2,1H3,(H,23,24). The van der Waals surface area contributed by atoms with Gasteiger partial charge in [-0.25, -0.2) is 0 Å². The summed E-state index contributed by atoms with van der Waals surface area (Å²) in [7, 11) is 0. The first-order valence-corrected chi connectivity index (χ1v) is 8.61. The van der Waals surface area contributed by atoms with Crippen LogP contribution >= 0.6 is 0 Å². The molecular weight excluding hydrogens is 328 g/mol. The lowest BCUT2D eigenvalue weighted by molar-refractivity contribution is -0.118. The summed E-state index contributed by atoms with van der Waals surface area (Å²) in [6.07, 6.45) is 1.62. The van der Waals surface area contributed by atoms with E-state index in [0.717, 1.165) is 11.3 Å². The van der Waals surface area contributed by atoms with Gasteiger partial charge in [0.05, 0.1) is 25.1 Å². The molecule has 1 atom stereocenters. The van der Waals surface area contributed by atoms with Crippen LogP contribution in [0.1, 0.15) is 24.3 Å². The summed E-state index contributed by atoms with van der Waals surface area (Å²) in [5.74, 6) is 1.27. The number of rotatable bonds is 8. The molecule has 5 nitrogen and oxygen atoms in total. The number of hydrogen-bond donors (Lipinski definition) is 2. The first-order chi connectivity index (χ1) is 12.8. The van der Waals surface area contributed by atoms with Crippen LogP contribution < -0.4 is 15.4 Å². The molecule has 0 fully saturated rings. The highest BCUT2D eigenvalue weighted by Crippen LogP contribution is 2.25. The molecule has 0 saturated carbocycles. The Balaban J connectivity index is 1.78. The quantitative estimate of drug-likeness (QED) is 0.641. The third-order valence-corrected chi connectivity index (χ3v) is 3.90. The summed E-state index contributed by atoms with van der Waals surface area (Å²) in [4.78, 5) is 13.0. The largest absolute Gasteiger partial charge is 0.492 e. The Labute approximate surface area is 153 Å². The number of ether oxygens (including phenoxy) is 1. The van der Waals surface area contributed by atoms with Crippen molar-refractivity contribution in [1.29, 1.82) is 0 Å². The van der Waals surface area contributed by atoms with Crippen LogP contribution in [0.3, 0.4) is 0 Å². The van der Waals surface area contributed by atoms with E-state index in [-0.39, 0.29) is 5.91 Å². The second kappa shape index (κ2) is 8.87. The Hall–Kier alpha value is -3.05. The van der Waals surface area contributed by atoms with E-state index in [1.54, 1.807) is 6.26 Å². The molecule has 0 saturated heterocycles. The van der Waals surface area contributed by atoms with Crippen molar-refractivity contribution in [3.8, 4) is 5.75 Å². The Morgan fingerprint density at radius 1 is 1.04 bits per heavy atom. The maximum Gasteiger partial charge on any atom is 0.246 e. The Morgan fingerprint density at radius 2 is 1.81 bits per heavy atom. The van der Waals surface area contributed by atoms with Crippen LogP contribution in [0.15, 0.2) is 77.4 Å².